The maximum absolute atomic E-state index is 9.36. The molecule has 0 heterocycles. The standard InChI is InChI=1S/C18H12Cl2O2/c19-14-6-9-18(17(20)11-14)22-16-3-1-2-13(10-16)12-4-7-15(21)8-5-12/h1-11,21H. The van der Waals surface area contributed by atoms with Crippen molar-refractivity contribution in [2.45, 2.75) is 0 Å². The third kappa shape index (κ3) is 3.35. The molecule has 0 aliphatic rings. The van der Waals surface area contributed by atoms with E-state index in [2.05, 4.69) is 0 Å². The summed E-state index contributed by atoms with van der Waals surface area (Å²) >= 11 is 12.0. The van der Waals surface area contributed by atoms with Gasteiger partial charge in [-0.2, -0.15) is 0 Å². The Morgan fingerprint density at radius 3 is 2.27 bits per heavy atom. The van der Waals surface area contributed by atoms with Gasteiger partial charge in [-0.1, -0.05) is 47.5 Å². The van der Waals surface area contributed by atoms with Gasteiger partial charge in [0.1, 0.15) is 17.2 Å². The molecule has 110 valence electrons. The second-order valence-electron chi connectivity index (χ2n) is 4.75. The SMILES string of the molecule is Oc1ccc(-c2cccc(Oc3ccc(Cl)cc3Cl)c2)cc1. The van der Waals surface area contributed by atoms with Crippen molar-refractivity contribution < 1.29 is 9.84 Å². The summed E-state index contributed by atoms with van der Waals surface area (Å²) in [7, 11) is 0. The largest absolute Gasteiger partial charge is 0.508 e. The lowest BCUT2D eigenvalue weighted by atomic mass is 10.1. The van der Waals surface area contributed by atoms with Gasteiger partial charge in [0.2, 0.25) is 0 Å². The average Bonchev–Trinajstić information content (AvgIpc) is 2.51. The quantitative estimate of drug-likeness (QED) is 0.623. The van der Waals surface area contributed by atoms with Gasteiger partial charge in [-0.3, -0.25) is 0 Å². The molecular weight excluding hydrogens is 319 g/mol. The summed E-state index contributed by atoms with van der Waals surface area (Å²) in [4.78, 5) is 0. The fourth-order valence-corrected chi connectivity index (χ4v) is 2.53. The monoisotopic (exact) mass is 330 g/mol. The molecule has 3 aromatic rings. The van der Waals surface area contributed by atoms with E-state index in [-0.39, 0.29) is 5.75 Å². The number of halogens is 2. The third-order valence-electron chi connectivity index (χ3n) is 3.16. The fourth-order valence-electron chi connectivity index (χ4n) is 2.08. The number of hydrogen-bond donors (Lipinski definition) is 1. The highest BCUT2D eigenvalue weighted by molar-refractivity contribution is 6.35. The van der Waals surface area contributed by atoms with Gasteiger partial charge in [-0.05, 0) is 53.6 Å². The normalized spacial score (nSPS) is 10.5. The maximum atomic E-state index is 9.36. The highest BCUT2D eigenvalue weighted by Crippen LogP contribution is 2.33. The van der Waals surface area contributed by atoms with Crippen molar-refractivity contribution >= 4 is 23.2 Å². The van der Waals surface area contributed by atoms with Crippen LogP contribution in [0.3, 0.4) is 0 Å². The molecule has 2 nitrogen and oxygen atoms in total. The topological polar surface area (TPSA) is 29.5 Å². The third-order valence-corrected chi connectivity index (χ3v) is 3.69. The van der Waals surface area contributed by atoms with Crippen LogP contribution in [0.25, 0.3) is 11.1 Å². The Labute approximate surface area is 138 Å². The van der Waals surface area contributed by atoms with Crippen LogP contribution in [0.5, 0.6) is 17.2 Å². The van der Waals surface area contributed by atoms with E-state index in [9.17, 15) is 5.11 Å². The smallest absolute Gasteiger partial charge is 0.146 e. The molecule has 0 atom stereocenters. The fraction of sp³-hybridized carbons (Fsp3) is 0. The lowest BCUT2D eigenvalue weighted by Gasteiger charge is -2.09. The Kier molecular flexibility index (Phi) is 4.23. The van der Waals surface area contributed by atoms with Gasteiger partial charge in [0.05, 0.1) is 5.02 Å². The molecule has 1 N–H and O–H groups in total. The first-order valence-electron chi connectivity index (χ1n) is 6.64. The zero-order valence-corrected chi connectivity index (χ0v) is 13.0. The van der Waals surface area contributed by atoms with Crippen molar-refractivity contribution in [2.24, 2.45) is 0 Å². The molecule has 0 spiro atoms. The second-order valence-corrected chi connectivity index (χ2v) is 5.60. The van der Waals surface area contributed by atoms with Gasteiger partial charge in [0, 0.05) is 5.02 Å². The number of rotatable bonds is 3. The lowest BCUT2D eigenvalue weighted by molar-refractivity contribution is 0.475. The van der Waals surface area contributed by atoms with Crippen LogP contribution in [0, 0.1) is 0 Å². The van der Waals surface area contributed by atoms with Crippen molar-refractivity contribution in [2.75, 3.05) is 0 Å². The van der Waals surface area contributed by atoms with Crippen LogP contribution >= 0.6 is 23.2 Å². The van der Waals surface area contributed by atoms with Crippen LogP contribution in [0.2, 0.25) is 10.0 Å². The van der Waals surface area contributed by atoms with E-state index in [0.29, 0.717) is 21.5 Å². The Morgan fingerprint density at radius 2 is 1.55 bits per heavy atom. The van der Waals surface area contributed by atoms with E-state index >= 15 is 0 Å². The number of aromatic hydroxyl groups is 1. The molecule has 3 aromatic carbocycles. The molecule has 4 heteroatoms. The average molecular weight is 331 g/mol. The first-order chi connectivity index (χ1) is 10.6. The molecule has 0 aliphatic heterocycles. The van der Waals surface area contributed by atoms with Gasteiger partial charge >= 0.3 is 0 Å². The predicted molar refractivity (Wildman–Crippen MR) is 90.1 cm³/mol. The first-order valence-corrected chi connectivity index (χ1v) is 7.40. The Balaban J connectivity index is 1.89. The number of ether oxygens (including phenoxy) is 1. The molecule has 0 unspecified atom stereocenters. The first kappa shape index (κ1) is 14.8. The molecule has 0 fully saturated rings. The van der Waals surface area contributed by atoms with Crippen LogP contribution in [0.4, 0.5) is 0 Å². The molecule has 0 radical (unpaired) electrons. The summed E-state index contributed by atoms with van der Waals surface area (Å²) in [5.41, 5.74) is 1.98. The van der Waals surface area contributed by atoms with Gasteiger partial charge in [0.15, 0.2) is 0 Å². The number of phenolic OH excluding ortho intramolecular Hbond substituents is 1. The van der Waals surface area contributed by atoms with Crippen LogP contribution in [-0.4, -0.2) is 5.11 Å². The van der Waals surface area contributed by atoms with Crippen molar-refractivity contribution in [3.05, 3.63) is 76.8 Å². The number of benzene rings is 3. The second kappa shape index (κ2) is 6.30. The molecule has 0 aromatic heterocycles. The van der Waals surface area contributed by atoms with Crippen molar-refractivity contribution in [1.82, 2.24) is 0 Å². The van der Waals surface area contributed by atoms with E-state index < -0.39 is 0 Å². The van der Waals surface area contributed by atoms with Crippen molar-refractivity contribution in [3.63, 3.8) is 0 Å². The van der Waals surface area contributed by atoms with Gasteiger partial charge in [-0.25, -0.2) is 0 Å². The van der Waals surface area contributed by atoms with Crippen LogP contribution in [0.1, 0.15) is 0 Å². The molecule has 0 aliphatic carbocycles. The van der Waals surface area contributed by atoms with Gasteiger partial charge in [-0.15, -0.1) is 0 Å². The molecule has 3 rings (SSSR count). The summed E-state index contributed by atoms with van der Waals surface area (Å²) in [6, 6.07) is 19.8. The van der Waals surface area contributed by atoms with Gasteiger partial charge < -0.3 is 9.84 Å². The van der Waals surface area contributed by atoms with E-state index in [1.165, 1.54) is 0 Å². The number of hydrogen-bond acceptors (Lipinski definition) is 2. The molecule has 22 heavy (non-hydrogen) atoms. The number of phenols is 1. The Morgan fingerprint density at radius 1 is 0.773 bits per heavy atom. The summed E-state index contributed by atoms with van der Waals surface area (Å²) in [5.74, 6) is 1.47. The molecule has 0 saturated heterocycles. The minimum atomic E-state index is 0.240. The Bertz CT molecular complexity index is 798. The van der Waals surface area contributed by atoms with Crippen molar-refractivity contribution in [1.29, 1.82) is 0 Å². The predicted octanol–water partition coefficient (Wildman–Crippen LogP) is 6.16. The van der Waals surface area contributed by atoms with Crippen LogP contribution in [0.15, 0.2) is 66.7 Å². The van der Waals surface area contributed by atoms with Crippen LogP contribution < -0.4 is 4.74 Å². The van der Waals surface area contributed by atoms with E-state index in [1.54, 1.807) is 30.3 Å². The van der Waals surface area contributed by atoms with E-state index in [0.717, 1.165) is 11.1 Å². The van der Waals surface area contributed by atoms with Crippen molar-refractivity contribution in [3.8, 4) is 28.4 Å². The molecular formula is C18H12Cl2O2. The maximum Gasteiger partial charge on any atom is 0.146 e. The molecule has 0 saturated carbocycles. The lowest BCUT2D eigenvalue weighted by Crippen LogP contribution is -1.86. The highest BCUT2D eigenvalue weighted by Gasteiger charge is 2.05. The summed E-state index contributed by atoms with van der Waals surface area (Å²) < 4.78 is 5.81. The Hall–Kier alpha value is -2.16. The minimum absolute atomic E-state index is 0.240. The van der Waals surface area contributed by atoms with Gasteiger partial charge in [0.25, 0.3) is 0 Å². The highest BCUT2D eigenvalue weighted by atomic mass is 35.5. The summed E-state index contributed by atoms with van der Waals surface area (Å²) in [6.45, 7) is 0. The minimum Gasteiger partial charge on any atom is -0.508 e. The van der Waals surface area contributed by atoms with E-state index in [4.69, 9.17) is 27.9 Å². The molecule has 0 bridgehead atoms. The summed E-state index contributed by atoms with van der Waals surface area (Å²) in [6.07, 6.45) is 0. The zero-order valence-electron chi connectivity index (χ0n) is 11.5. The zero-order chi connectivity index (χ0) is 15.5. The summed E-state index contributed by atoms with van der Waals surface area (Å²) in [5, 5.41) is 10.4. The van der Waals surface area contributed by atoms with E-state index in [1.807, 2.05) is 36.4 Å². The molecule has 0 amide bonds. The van der Waals surface area contributed by atoms with Crippen LogP contribution in [-0.2, 0) is 0 Å².